The monoisotopic (exact) mass is 212 g/mol. The molecule has 0 bridgehead atoms. The average Bonchev–Trinajstić information content (AvgIpc) is 2.19. The van der Waals surface area contributed by atoms with Gasteiger partial charge in [0.05, 0.1) is 0 Å². The number of aromatic nitrogens is 1. The highest BCUT2D eigenvalue weighted by atomic mass is 19.3. The number of alkyl halides is 2. The molecule has 0 radical (unpaired) electrons. The van der Waals surface area contributed by atoms with Crippen molar-refractivity contribution in [3.8, 4) is 0 Å². The van der Waals surface area contributed by atoms with Crippen LogP contribution in [-0.4, -0.2) is 17.6 Å². The largest absolute Gasteiger partial charge is 0.325 e. The number of hydrogen-bond donors (Lipinski definition) is 0. The molecule has 0 spiro atoms. The fraction of sp³-hybridized carbons (Fsp3) is 0.545. The number of rotatable bonds is 1. The maximum Gasteiger partial charge on any atom is 0.325 e. The van der Waals surface area contributed by atoms with Gasteiger partial charge >= 0.3 is 6.05 Å². The zero-order valence-electron chi connectivity index (χ0n) is 8.71. The molecule has 0 aromatic carbocycles. The molecule has 1 saturated heterocycles. The first kappa shape index (κ1) is 10.3. The van der Waals surface area contributed by atoms with Crippen molar-refractivity contribution in [2.45, 2.75) is 32.2 Å². The fourth-order valence-electron chi connectivity index (χ4n) is 1.97. The standard InChI is InChI=1S/C11H14F2N2/c1-9-8-14-6-4-10(9)15-7-3-2-5-11(15,12)13/h4,6,8H,2-3,5,7H2,1H3. The Morgan fingerprint density at radius 3 is 2.87 bits per heavy atom. The summed E-state index contributed by atoms with van der Waals surface area (Å²) in [5.74, 6) is 0. The van der Waals surface area contributed by atoms with E-state index in [0.29, 0.717) is 18.7 Å². The number of aryl methyl sites for hydroxylation is 1. The van der Waals surface area contributed by atoms with Crippen LogP contribution in [0.3, 0.4) is 0 Å². The smallest absolute Gasteiger partial charge is 0.313 e. The molecule has 0 atom stereocenters. The Labute approximate surface area is 87.9 Å². The van der Waals surface area contributed by atoms with Gasteiger partial charge in [0.2, 0.25) is 0 Å². The minimum absolute atomic E-state index is 0.0469. The predicted octanol–water partition coefficient (Wildman–Crippen LogP) is 2.97. The molecule has 0 aliphatic carbocycles. The number of piperidine rings is 1. The minimum Gasteiger partial charge on any atom is -0.313 e. The van der Waals surface area contributed by atoms with Gasteiger partial charge in [-0.05, 0) is 31.4 Å². The third kappa shape index (κ3) is 1.94. The quantitative estimate of drug-likeness (QED) is 0.665. The molecule has 0 amide bonds. The summed E-state index contributed by atoms with van der Waals surface area (Å²) in [7, 11) is 0. The van der Waals surface area contributed by atoms with Crippen molar-refractivity contribution < 1.29 is 8.78 Å². The summed E-state index contributed by atoms with van der Waals surface area (Å²) >= 11 is 0. The lowest BCUT2D eigenvalue weighted by atomic mass is 10.1. The van der Waals surface area contributed by atoms with Gasteiger partial charge in [-0.15, -0.1) is 0 Å². The number of anilines is 1. The first-order chi connectivity index (χ1) is 7.11. The Morgan fingerprint density at radius 1 is 1.40 bits per heavy atom. The maximum atomic E-state index is 13.6. The summed E-state index contributed by atoms with van der Waals surface area (Å²) in [6.45, 7) is 2.24. The number of hydrogen-bond acceptors (Lipinski definition) is 2. The van der Waals surface area contributed by atoms with E-state index in [1.165, 1.54) is 4.90 Å². The van der Waals surface area contributed by atoms with Gasteiger partial charge in [-0.25, -0.2) is 0 Å². The van der Waals surface area contributed by atoms with Crippen LogP contribution in [-0.2, 0) is 0 Å². The van der Waals surface area contributed by atoms with E-state index in [1.54, 1.807) is 18.5 Å². The maximum absolute atomic E-state index is 13.6. The van der Waals surface area contributed by atoms with E-state index in [0.717, 1.165) is 12.0 Å². The molecule has 1 aliphatic heterocycles. The second-order valence-electron chi connectivity index (χ2n) is 3.94. The Bertz CT molecular complexity index is 352. The first-order valence-electron chi connectivity index (χ1n) is 5.17. The lowest BCUT2D eigenvalue weighted by Gasteiger charge is -2.37. The lowest BCUT2D eigenvalue weighted by molar-refractivity contribution is -0.0249. The van der Waals surface area contributed by atoms with E-state index in [2.05, 4.69) is 4.98 Å². The number of nitrogens with zero attached hydrogens (tertiary/aromatic N) is 2. The lowest BCUT2D eigenvalue weighted by Crippen LogP contribution is -2.45. The van der Waals surface area contributed by atoms with Crippen molar-refractivity contribution in [3.05, 3.63) is 24.0 Å². The summed E-state index contributed by atoms with van der Waals surface area (Å²) in [6.07, 6.45) is 4.58. The summed E-state index contributed by atoms with van der Waals surface area (Å²) in [5.41, 5.74) is 1.41. The van der Waals surface area contributed by atoms with Gasteiger partial charge in [-0.2, -0.15) is 8.78 Å². The molecular weight excluding hydrogens is 198 g/mol. The molecule has 4 heteroatoms. The molecule has 0 saturated carbocycles. The van der Waals surface area contributed by atoms with Gasteiger partial charge in [-0.3, -0.25) is 4.98 Å². The van der Waals surface area contributed by atoms with Gasteiger partial charge in [0.25, 0.3) is 0 Å². The number of pyridine rings is 1. The Balaban J connectivity index is 2.33. The summed E-state index contributed by atoms with van der Waals surface area (Å²) in [5, 5.41) is 0. The molecular formula is C11H14F2N2. The highest BCUT2D eigenvalue weighted by molar-refractivity contribution is 5.53. The second-order valence-corrected chi connectivity index (χ2v) is 3.94. The van der Waals surface area contributed by atoms with Crippen LogP contribution >= 0.6 is 0 Å². The topological polar surface area (TPSA) is 16.1 Å². The van der Waals surface area contributed by atoms with Crippen LogP contribution < -0.4 is 4.90 Å². The molecule has 2 nitrogen and oxygen atoms in total. The van der Waals surface area contributed by atoms with E-state index in [4.69, 9.17) is 0 Å². The van der Waals surface area contributed by atoms with Crippen molar-refractivity contribution in [2.75, 3.05) is 11.4 Å². The molecule has 1 fully saturated rings. The Morgan fingerprint density at radius 2 is 2.20 bits per heavy atom. The highest BCUT2D eigenvalue weighted by Crippen LogP contribution is 2.36. The fourth-order valence-corrected chi connectivity index (χ4v) is 1.97. The van der Waals surface area contributed by atoms with Crippen LogP contribution in [0.25, 0.3) is 0 Å². The van der Waals surface area contributed by atoms with Crippen LogP contribution in [0.15, 0.2) is 18.5 Å². The molecule has 82 valence electrons. The molecule has 0 N–H and O–H groups in total. The first-order valence-corrected chi connectivity index (χ1v) is 5.17. The molecule has 1 aromatic rings. The molecule has 15 heavy (non-hydrogen) atoms. The van der Waals surface area contributed by atoms with E-state index in [1.807, 2.05) is 6.92 Å². The van der Waals surface area contributed by atoms with Crippen LogP contribution in [0.4, 0.5) is 14.5 Å². The van der Waals surface area contributed by atoms with E-state index < -0.39 is 6.05 Å². The molecule has 2 heterocycles. The van der Waals surface area contributed by atoms with Gasteiger partial charge < -0.3 is 4.90 Å². The van der Waals surface area contributed by atoms with E-state index >= 15 is 0 Å². The van der Waals surface area contributed by atoms with Crippen molar-refractivity contribution in [1.82, 2.24) is 4.98 Å². The van der Waals surface area contributed by atoms with Crippen LogP contribution in [0.2, 0.25) is 0 Å². The molecule has 1 aliphatic rings. The average molecular weight is 212 g/mol. The van der Waals surface area contributed by atoms with E-state index in [9.17, 15) is 8.78 Å². The normalized spacial score (nSPS) is 20.3. The predicted molar refractivity (Wildman–Crippen MR) is 55.1 cm³/mol. The number of halogens is 2. The SMILES string of the molecule is Cc1cnccc1N1CCCCC1(F)F. The van der Waals surface area contributed by atoms with Crippen molar-refractivity contribution in [3.63, 3.8) is 0 Å². The Hall–Kier alpha value is -1.19. The summed E-state index contributed by atoms with van der Waals surface area (Å²) in [4.78, 5) is 5.12. The Kier molecular flexibility index (Phi) is 2.59. The van der Waals surface area contributed by atoms with Gasteiger partial charge in [0, 0.05) is 31.0 Å². The molecule has 2 rings (SSSR count). The van der Waals surface area contributed by atoms with Crippen molar-refractivity contribution >= 4 is 5.69 Å². The van der Waals surface area contributed by atoms with Crippen molar-refractivity contribution in [2.24, 2.45) is 0 Å². The minimum atomic E-state index is -2.70. The van der Waals surface area contributed by atoms with Gasteiger partial charge in [0.1, 0.15) is 0 Å². The summed E-state index contributed by atoms with van der Waals surface area (Å²) < 4.78 is 27.3. The second kappa shape index (κ2) is 3.76. The van der Waals surface area contributed by atoms with Crippen LogP contribution in [0.1, 0.15) is 24.8 Å². The van der Waals surface area contributed by atoms with Crippen LogP contribution in [0.5, 0.6) is 0 Å². The zero-order chi connectivity index (χ0) is 10.9. The summed E-state index contributed by atoms with van der Waals surface area (Å²) in [6, 6.07) is -1.04. The van der Waals surface area contributed by atoms with E-state index in [-0.39, 0.29) is 6.42 Å². The van der Waals surface area contributed by atoms with Gasteiger partial charge in [-0.1, -0.05) is 0 Å². The third-order valence-electron chi connectivity index (χ3n) is 2.79. The van der Waals surface area contributed by atoms with Crippen LogP contribution in [0, 0.1) is 6.92 Å². The van der Waals surface area contributed by atoms with Gasteiger partial charge in [0.15, 0.2) is 0 Å². The molecule has 1 aromatic heterocycles. The third-order valence-corrected chi connectivity index (χ3v) is 2.79. The van der Waals surface area contributed by atoms with Crippen molar-refractivity contribution in [1.29, 1.82) is 0 Å². The molecule has 0 unspecified atom stereocenters. The highest BCUT2D eigenvalue weighted by Gasteiger charge is 2.39. The zero-order valence-corrected chi connectivity index (χ0v) is 8.71.